The number of carbonyl (C=O) groups is 1. The Balaban J connectivity index is 2.40. The van der Waals surface area contributed by atoms with Crippen LogP contribution in [0, 0.1) is 0 Å². The number of fused-ring (bicyclic) bond motifs is 5. The van der Waals surface area contributed by atoms with E-state index in [1.165, 1.54) is 14.2 Å². The summed E-state index contributed by atoms with van der Waals surface area (Å²) in [6, 6.07) is 0. The van der Waals surface area contributed by atoms with Gasteiger partial charge in [-0.15, -0.1) is 0 Å². The Bertz CT molecular complexity index is 617. The molecule has 0 aromatic heterocycles. The predicted molar refractivity (Wildman–Crippen MR) is 71.7 cm³/mol. The van der Waals surface area contributed by atoms with E-state index >= 15 is 0 Å². The average molecular weight is 276 g/mol. The molecule has 2 bridgehead atoms. The minimum Gasteiger partial charge on any atom is -0.493 e. The fraction of sp³-hybridized carbons (Fsp3) is 0.400. The first-order valence-electron chi connectivity index (χ1n) is 6.47. The molecule has 2 N–H and O–H groups in total. The summed E-state index contributed by atoms with van der Waals surface area (Å²) in [7, 11) is 2.93. The Morgan fingerprint density at radius 2 is 1.80 bits per heavy atom. The zero-order valence-corrected chi connectivity index (χ0v) is 11.3. The van der Waals surface area contributed by atoms with E-state index in [1.807, 2.05) is 0 Å². The molecule has 1 aromatic carbocycles. The smallest absolute Gasteiger partial charge is 0.340 e. The predicted octanol–water partition coefficient (Wildman–Crippen LogP) is 2.04. The second kappa shape index (κ2) is 4.52. The molecule has 2 aliphatic carbocycles. The lowest BCUT2D eigenvalue weighted by Crippen LogP contribution is -2.13. The number of methoxy groups -OCH3 is 2. The van der Waals surface area contributed by atoms with Crippen molar-refractivity contribution in [3.63, 3.8) is 0 Å². The van der Waals surface area contributed by atoms with E-state index < -0.39 is 5.97 Å². The van der Waals surface area contributed by atoms with Gasteiger partial charge >= 0.3 is 5.97 Å². The Labute approximate surface area is 116 Å². The van der Waals surface area contributed by atoms with Crippen molar-refractivity contribution in [1.29, 1.82) is 0 Å². The molecule has 2 atom stereocenters. The molecule has 5 nitrogen and oxygen atoms in total. The lowest BCUT2D eigenvalue weighted by Gasteiger charge is -2.23. The highest BCUT2D eigenvalue weighted by atomic mass is 16.5. The van der Waals surface area contributed by atoms with Crippen LogP contribution in [0.15, 0.2) is 12.2 Å². The molecule has 1 aromatic rings. The lowest BCUT2D eigenvalue weighted by molar-refractivity contribution is 0.0688. The van der Waals surface area contributed by atoms with Crippen LogP contribution in [-0.2, 0) is 6.61 Å². The van der Waals surface area contributed by atoms with Crippen molar-refractivity contribution in [1.82, 2.24) is 0 Å². The summed E-state index contributed by atoms with van der Waals surface area (Å²) in [5.41, 5.74) is 2.31. The molecule has 0 saturated heterocycles. The molecule has 0 radical (unpaired) electrons. The van der Waals surface area contributed by atoms with Gasteiger partial charge in [-0.2, -0.15) is 0 Å². The van der Waals surface area contributed by atoms with E-state index in [4.69, 9.17) is 9.47 Å². The standard InChI is InChI=1S/C15H16O5/c1-19-13-11-8-4-3-7(5-8)10(11)9(6-16)12(15(17)18)14(13)20-2/h3-4,7-8,16H,5-6H2,1-2H3,(H,17,18). The van der Waals surface area contributed by atoms with Gasteiger partial charge in [0.15, 0.2) is 11.5 Å². The number of allylic oxidation sites excluding steroid dienone is 2. The van der Waals surface area contributed by atoms with Gasteiger partial charge in [0.05, 0.1) is 20.8 Å². The summed E-state index contributed by atoms with van der Waals surface area (Å²) in [6.45, 7) is -0.318. The van der Waals surface area contributed by atoms with Crippen LogP contribution in [0.25, 0.3) is 0 Å². The van der Waals surface area contributed by atoms with E-state index in [-0.39, 0.29) is 29.8 Å². The molecule has 2 unspecified atom stereocenters. The summed E-state index contributed by atoms with van der Waals surface area (Å²) in [6.07, 6.45) is 5.09. The SMILES string of the molecule is COc1c(OC)c2c(c(CO)c1C(=O)O)C1C=CC2C1. The third kappa shape index (κ3) is 1.50. The van der Waals surface area contributed by atoms with Gasteiger partial charge in [0.25, 0.3) is 0 Å². The highest BCUT2D eigenvalue weighted by molar-refractivity contribution is 5.95. The minimum absolute atomic E-state index is 0.00606. The van der Waals surface area contributed by atoms with Crippen molar-refractivity contribution in [3.05, 3.63) is 34.4 Å². The summed E-state index contributed by atoms with van der Waals surface area (Å²) >= 11 is 0. The number of rotatable bonds is 4. The Hall–Kier alpha value is -2.01. The largest absolute Gasteiger partial charge is 0.493 e. The molecular weight excluding hydrogens is 260 g/mol. The van der Waals surface area contributed by atoms with Gasteiger partial charge < -0.3 is 19.7 Å². The van der Waals surface area contributed by atoms with E-state index in [1.54, 1.807) is 0 Å². The fourth-order valence-corrected chi connectivity index (χ4v) is 3.50. The maximum atomic E-state index is 11.6. The number of benzene rings is 1. The van der Waals surface area contributed by atoms with Crippen molar-refractivity contribution >= 4 is 5.97 Å². The molecule has 0 aliphatic heterocycles. The third-order valence-electron chi connectivity index (χ3n) is 4.20. The maximum absolute atomic E-state index is 11.6. The number of aliphatic hydroxyl groups excluding tert-OH is 1. The quantitative estimate of drug-likeness (QED) is 0.823. The van der Waals surface area contributed by atoms with Gasteiger partial charge in [-0.1, -0.05) is 12.2 Å². The second-order valence-corrected chi connectivity index (χ2v) is 5.04. The maximum Gasteiger partial charge on any atom is 0.340 e. The van der Waals surface area contributed by atoms with E-state index in [9.17, 15) is 15.0 Å². The van der Waals surface area contributed by atoms with Crippen molar-refractivity contribution < 1.29 is 24.5 Å². The third-order valence-corrected chi connectivity index (χ3v) is 4.20. The van der Waals surface area contributed by atoms with Gasteiger partial charge in [0, 0.05) is 23.0 Å². The van der Waals surface area contributed by atoms with Gasteiger partial charge in [0.1, 0.15) is 5.56 Å². The Morgan fingerprint density at radius 3 is 2.30 bits per heavy atom. The Kier molecular flexibility index (Phi) is 2.94. The van der Waals surface area contributed by atoms with Crippen LogP contribution in [0.1, 0.15) is 45.3 Å². The highest BCUT2D eigenvalue weighted by Gasteiger charge is 2.41. The van der Waals surface area contributed by atoms with Gasteiger partial charge in [-0.25, -0.2) is 4.79 Å². The number of aromatic carboxylic acids is 1. The number of aliphatic hydroxyl groups is 1. The normalized spacial score (nSPS) is 21.9. The van der Waals surface area contributed by atoms with Crippen molar-refractivity contribution in [2.75, 3.05) is 14.2 Å². The molecule has 20 heavy (non-hydrogen) atoms. The molecule has 0 fully saturated rings. The molecule has 106 valence electrons. The summed E-state index contributed by atoms with van der Waals surface area (Å²) in [5, 5.41) is 19.1. The van der Waals surface area contributed by atoms with Gasteiger partial charge in [-0.3, -0.25) is 0 Å². The van der Waals surface area contributed by atoms with Crippen molar-refractivity contribution in [2.24, 2.45) is 0 Å². The second-order valence-electron chi connectivity index (χ2n) is 5.04. The number of ether oxygens (including phenoxy) is 2. The van der Waals surface area contributed by atoms with Crippen LogP contribution in [-0.4, -0.2) is 30.4 Å². The van der Waals surface area contributed by atoms with Crippen LogP contribution >= 0.6 is 0 Å². The fourth-order valence-electron chi connectivity index (χ4n) is 3.50. The van der Waals surface area contributed by atoms with E-state index in [0.29, 0.717) is 11.3 Å². The average Bonchev–Trinajstić information content (AvgIpc) is 3.05. The number of hydrogen-bond donors (Lipinski definition) is 2. The van der Waals surface area contributed by atoms with Crippen LogP contribution in [0.3, 0.4) is 0 Å². The van der Waals surface area contributed by atoms with Gasteiger partial charge in [-0.05, 0) is 12.0 Å². The Morgan fingerprint density at radius 1 is 1.20 bits per heavy atom. The molecule has 0 spiro atoms. The first-order valence-corrected chi connectivity index (χ1v) is 6.47. The van der Waals surface area contributed by atoms with Crippen molar-refractivity contribution in [3.8, 4) is 11.5 Å². The van der Waals surface area contributed by atoms with E-state index in [2.05, 4.69) is 12.2 Å². The lowest BCUT2D eigenvalue weighted by atomic mass is 9.87. The summed E-state index contributed by atoms with van der Waals surface area (Å²) < 4.78 is 10.7. The number of carboxylic acid groups (broad SMARTS) is 1. The highest BCUT2D eigenvalue weighted by Crippen LogP contribution is 2.57. The van der Waals surface area contributed by atoms with Gasteiger partial charge in [0.2, 0.25) is 0 Å². The molecule has 0 heterocycles. The first kappa shape index (κ1) is 13.0. The zero-order chi connectivity index (χ0) is 14.4. The summed E-state index contributed by atoms with van der Waals surface area (Å²) in [4.78, 5) is 11.6. The van der Waals surface area contributed by atoms with Crippen LogP contribution < -0.4 is 9.47 Å². The minimum atomic E-state index is -1.11. The number of hydrogen-bond acceptors (Lipinski definition) is 4. The van der Waals surface area contributed by atoms with Crippen LogP contribution in [0.5, 0.6) is 11.5 Å². The molecule has 3 rings (SSSR count). The number of carboxylic acids is 1. The molecule has 0 saturated carbocycles. The topological polar surface area (TPSA) is 76.0 Å². The zero-order valence-electron chi connectivity index (χ0n) is 11.3. The summed E-state index contributed by atoms with van der Waals surface area (Å²) in [5.74, 6) is -0.0569. The van der Waals surface area contributed by atoms with Crippen LogP contribution in [0.2, 0.25) is 0 Å². The monoisotopic (exact) mass is 276 g/mol. The molecule has 5 heteroatoms. The first-order chi connectivity index (χ1) is 9.63. The van der Waals surface area contributed by atoms with E-state index in [0.717, 1.165) is 17.5 Å². The van der Waals surface area contributed by atoms with Crippen LogP contribution in [0.4, 0.5) is 0 Å². The molecule has 0 amide bonds. The molecule has 2 aliphatic rings. The molecular formula is C15H16O5. The van der Waals surface area contributed by atoms with Crippen molar-refractivity contribution in [2.45, 2.75) is 24.9 Å².